The van der Waals surface area contributed by atoms with E-state index >= 15 is 0 Å². The first-order valence-electron chi connectivity index (χ1n) is 8.61. The molecule has 2 aliphatic rings. The average Bonchev–Trinajstić information content (AvgIpc) is 3.25. The summed E-state index contributed by atoms with van der Waals surface area (Å²) in [6, 6.07) is 8.16. The lowest BCUT2D eigenvalue weighted by molar-refractivity contribution is -0.127. The molecular weight excluding hydrogens is 288 g/mol. The number of rotatable bonds is 5. The molecular formula is C19H26N2O2. The third kappa shape index (κ3) is 4.14. The van der Waals surface area contributed by atoms with E-state index in [4.69, 9.17) is 4.74 Å². The van der Waals surface area contributed by atoms with Gasteiger partial charge in [0.05, 0.1) is 7.11 Å². The Balaban J connectivity index is 1.60. The van der Waals surface area contributed by atoms with E-state index < -0.39 is 0 Å². The van der Waals surface area contributed by atoms with Crippen LogP contribution in [0.4, 0.5) is 0 Å². The molecule has 0 aliphatic carbocycles. The number of nitrogens with zero attached hydrogens (tertiary/aromatic N) is 2. The molecule has 2 saturated heterocycles. The molecule has 124 valence electrons. The molecule has 1 unspecified atom stereocenters. The Hall–Kier alpha value is -1.81. The minimum atomic E-state index is 0.134. The first-order chi connectivity index (χ1) is 11.3. The molecule has 0 N–H and O–H groups in total. The van der Waals surface area contributed by atoms with Crippen LogP contribution in [0.3, 0.4) is 0 Å². The number of benzene rings is 1. The van der Waals surface area contributed by atoms with Crippen molar-refractivity contribution in [2.24, 2.45) is 0 Å². The molecule has 4 heteroatoms. The van der Waals surface area contributed by atoms with Crippen molar-refractivity contribution in [1.82, 2.24) is 9.80 Å². The summed E-state index contributed by atoms with van der Waals surface area (Å²) in [4.78, 5) is 17.1. The fourth-order valence-electron chi connectivity index (χ4n) is 3.59. The largest absolute Gasteiger partial charge is 0.497 e. The first kappa shape index (κ1) is 16.1. The fourth-order valence-corrected chi connectivity index (χ4v) is 3.59. The zero-order valence-corrected chi connectivity index (χ0v) is 13.9. The standard InChI is InChI=1S/C19H26N2O2/c1-23-18-8-4-6-16(14-18)9-10-19(22)21-13-5-7-17(21)15-20-11-2-3-12-20/h4,6,8-10,14,17H,2-3,5,7,11-13,15H2,1H3/b10-9+. The predicted molar refractivity (Wildman–Crippen MR) is 92.4 cm³/mol. The summed E-state index contributed by atoms with van der Waals surface area (Å²) in [6.07, 6.45) is 8.45. The van der Waals surface area contributed by atoms with Crippen molar-refractivity contribution >= 4 is 12.0 Å². The van der Waals surface area contributed by atoms with Crippen LogP contribution in [0.15, 0.2) is 30.3 Å². The van der Waals surface area contributed by atoms with Gasteiger partial charge in [-0.2, -0.15) is 0 Å². The van der Waals surface area contributed by atoms with Gasteiger partial charge >= 0.3 is 0 Å². The van der Waals surface area contributed by atoms with E-state index in [1.807, 2.05) is 30.3 Å². The molecule has 1 aromatic carbocycles. The van der Waals surface area contributed by atoms with Crippen molar-refractivity contribution in [1.29, 1.82) is 0 Å². The van der Waals surface area contributed by atoms with Gasteiger partial charge in [0, 0.05) is 25.2 Å². The van der Waals surface area contributed by atoms with Crippen LogP contribution in [0.2, 0.25) is 0 Å². The Labute approximate surface area is 138 Å². The summed E-state index contributed by atoms with van der Waals surface area (Å²) in [6.45, 7) is 4.31. The normalized spacial score (nSPS) is 22.1. The molecule has 1 aromatic rings. The van der Waals surface area contributed by atoms with Crippen molar-refractivity contribution < 1.29 is 9.53 Å². The van der Waals surface area contributed by atoms with Crippen LogP contribution >= 0.6 is 0 Å². The number of hydrogen-bond acceptors (Lipinski definition) is 3. The molecule has 0 bridgehead atoms. The zero-order valence-electron chi connectivity index (χ0n) is 13.9. The second-order valence-electron chi connectivity index (χ2n) is 6.45. The van der Waals surface area contributed by atoms with Crippen LogP contribution in [-0.2, 0) is 4.79 Å². The fraction of sp³-hybridized carbons (Fsp3) is 0.526. The number of carbonyl (C=O) groups excluding carboxylic acids is 1. The molecule has 23 heavy (non-hydrogen) atoms. The van der Waals surface area contributed by atoms with Gasteiger partial charge in [-0.25, -0.2) is 0 Å². The predicted octanol–water partition coefficient (Wildman–Crippen LogP) is 2.80. The van der Waals surface area contributed by atoms with Crippen molar-refractivity contribution in [3.8, 4) is 5.75 Å². The summed E-state index contributed by atoms with van der Waals surface area (Å²) in [5.41, 5.74) is 0.994. The molecule has 0 aromatic heterocycles. The van der Waals surface area contributed by atoms with Crippen LogP contribution in [-0.4, -0.2) is 55.0 Å². The van der Waals surface area contributed by atoms with E-state index in [1.54, 1.807) is 13.2 Å². The number of ether oxygens (including phenoxy) is 1. The highest BCUT2D eigenvalue weighted by molar-refractivity contribution is 5.92. The van der Waals surface area contributed by atoms with Gasteiger partial charge in [-0.3, -0.25) is 4.79 Å². The topological polar surface area (TPSA) is 32.8 Å². The number of likely N-dealkylation sites (tertiary alicyclic amines) is 2. The second-order valence-corrected chi connectivity index (χ2v) is 6.45. The lowest BCUT2D eigenvalue weighted by atomic mass is 10.2. The smallest absolute Gasteiger partial charge is 0.246 e. The van der Waals surface area contributed by atoms with E-state index in [0.29, 0.717) is 6.04 Å². The number of hydrogen-bond donors (Lipinski definition) is 0. The van der Waals surface area contributed by atoms with Gasteiger partial charge in [0.25, 0.3) is 0 Å². The molecule has 0 radical (unpaired) electrons. The van der Waals surface area contributed by atoms with E-state index in [-0.39, 0.29) is 5.91 Å². The van der Waals surface area contributed by atoms with Gasteiger partial charge in [0.15, 0.2) is 0 Å². The summed E-state index contributed by atoms with van der Waals surface area (Å²) in [5, 5.41) is 0. The van der Waals surface area contributed by atoms with Crippen LogP contribution in [0.5, 0.6) is 5.75 Å². The lowest BCUT2D eigenvalue weighted by Crippen LogP contribution is -2.41. The summed E-state index contributed by atoms with van der Waals surface area (Å²) in [5.74, 6) is 0.946. The van der Waals surface area contributed by atoms with E-state index in [1.165, 1.54) is 25.9 Å². The minimum Gasteiger partial charge on any atom is -0.497 e. The molecule has 2 heterocycles. The molecule has 0 spiro atoms. The summed E-state index contributed by atoms with van der Waals surface area (Å²) < 4.78 is 5.22. The minimum absolute atomic E-state index is 0.134. The van der Waals surface area contributed by atoms with Crippen molar-refractivity contribution in [3.05, 3.63) is 35.9 Å². The van der Waals surface area contributed by atoms with Gasteiger partial charge in [-0.15, -0.1) is 0 Å². The van der Waals surface area contributed by atoms with Crippen LogP contribution < -0.4 is 4.74 Å². The number of amides is 1. The van der Waals surface area contributed by atoms with Gasteiger partial charge in [0.1, 0.15) is 5.75 Å². The van der Waals surface area contributed by atoms with Gasteiger partial charge in [0.2, 0.25) is 5.91 Å². The Morgan fingerprint density at radius 3 is 2.87 bits per heavy atom. The van der Waals surface area contributed by atoms with Crippen molar-refractivity contribution in [2.45, 2.75) is 31.7 Å². The molecule has 1 amide bonds. The van der Waals surface area contributed by atoms with Crippen LogP contribution in [0.1, 0.15) is 31.2 Å². The highest BCUT2D eigenvalue weighted by Crippen LogP contribution is 2.21. The van der Waals surface area contributed by atoms with Gasteiger partial charge in [-0.1, -0.05) is 12.1 Å². The molecule has 2 aliphatic heterocycles. The Bertz CT molecular complexity index is 564. The zero-order chi connectivity index (χ0) is 16.1. The maximum absolute atomic E-state index is 12.5. The summed E-state index contributed by atoms with van der Waals surface area (Å²) >= 11 is 0. The third-order valence-electron chi connectivity index (χ3n) is 4.84. The van der Waals surface area contributed by atoms with Crippen molar-refractivity contribution in [3.63, 3.8) is 0 Å². The maximum atomic E-state index is 12.5. The van der Waals surface area contributed by atoms with Gasteiger partial charge in [-0.05, 0) is 62.5 Å². The van der Waals surface area contributed by atoms with Crippen molar-refractivity contribution in [2.75, 3.05) is 33.3 Å². The number of carbonyl (C=O) groups is 1. The third-order valence-corrected chi connectivity index (χ3v) is 4.84. The highest BCUT2D eigenvalue weighted by Gasteiger charge is 2.29. The van der Waals surface area contributed by atoms with Gasteiger partial charge < -0.3 is 14.5 Å². The monoisotopic (exact) mass is 314 g/mol. The van der Waals surface area contributed by atoms with E-state index in [0.717, 1.165) is 37.2 Å². The Kier molecular flexibility index (Phi) is 5.34. The second kappa shape index (κ2) is 7.64. The van der Waals surface area contributed by atoms with Crippen LogP contribution in [0.25, 0.3) is 6.08 Å². The number of methoxy groups -OCH3 is 1. The molecule has 2 fully saturated rings. The summed E-state index contributed by atoms with van der Waals surface area (Å²) in [7, 11) is 1.65. The molecule has 4 nitrogen and oxygen atoms in total. The van der Waals surface area contributed by atoms with Crippen LogP contribution in [0, 0.1) is 0 Å². The first-order valence-corrected chi connectivity index (χ1v) is 8.61. The molecule has 3 rings (SSSR count). The van der Waals surface area contributed by atoms with E-state index in [9.17, 15) is 4.79 Å². The molecule has 1 atom stereocenters. The Morgan fingerprint density at radius 2 is 2.09 bits per heavy atom. The average molecular weight is 314 g/mol. The Morgan fingerprint density at radius 1 is 1.26 bits per heavy atom. The highest BCUT2D eigenvalue weighted by atomic mass is 16.5. The molecule has 0 saturated carbocycles. The lowest BCUT2D eigenvalue weighted by Gasteiger charge is -2.27. The SMILES string of the molecule is COc1cccc(/C=C/C(=O)N2CCCC2CN2CCCC2)c1. The maximum Gasteiger partial charge on any atom is 0.246 e. The van der Waals surface area contributed by atoms with E-state index in [2.05, 4.69) is 9.80 Å². The quantitative estimate of drug-likeness (QED) is 0.784.